The highest BCUT2D eigenvalue weighted by molar-refractivity contribution is 7.12. The zero-order chi connectivity index (χ0) is 17.6. The van der Waals surface area contributed by atoms with Gasteiger partial charge in [-0.2, -0.15) is 0 Å². The molecule has 0 fully saturated rings. The quantitative estimate of drug-likeness (QED) is 0.617. The summed E-state index contributed by atoms with van der Waals surface area (Å²) in [5.74, 6) is -2.19. The number of thiophene rings is 1. The third-order valence-electron chi connectivity index (χ3n) is 2.98. The molecule has 1 aromatic heterocycles. The number of carbonyl (C=O) groups excluding carboxylic acids is 3. The maximum atomic E-state index is 11.9. The smallest absolute Gasteiger partial charge is 0.326 e. The molecular weight excluding hydrogens is 320 g/mol. The third kappa shape index (κ3) is 6.19. The van der Waals surface area contributed by atoms with E-state index in [1.165, 1.54) is 13.0 Å². The Labute approximate surface area is 138 Å². The van der Waals surface area contributed by atoms with Crippen molar-refractivity contribution in [2.75, 3.05) is 6.54 Å². The zero-order valence-corrected chi connectivity index (χ0v) is 14.0. The largest absolute Gasteiger partial charge is 0.480 e. The third-order valence-corrected chi connectivity index (χ3v) is 3.91. The first kappa shape index (κ1) is 18.8. The molecule has 0 unspecified atom stereocenters. The summed E-state index contributed by atoms with van der Waals surface area (Å²) < 4.78 is 0. The summed E-state index contributed by atoms with van der Waals surface area (Å²) in [6.07, 6.45) is 0.307. The SMILES string of the molecule is CC(=O)c1csc(C(=O)NCC(=O)N[C@@H](CC(C)C)C(=O)O)c1. The van der Waals surface area contributed by atoms with Crippen molar-refractivity contribution in [1.82, 2.24) is 10.6 Å². The lowest BCUT2D eigenvalue weighted by atomic mass is 10.0. The topological polar surface area (TPSA) is 113 Å². The van der Waals surface area contributed by atoms with Crippen LogP contribution < -0.4 is 10.6 Å². The summed E-state index contributed by atoms with van der Waals surface area (Å²) in [4.78, 5) is 46.2. The molecule has 1 heterocycles. The first-order valence-corrected chi connectivity index (χ1v) is 7.98. The predicted molar refractivity (Wildman–Crippen MR) is 85.7 cm³/mol. The Morgan fingerprint density at radius 2 is 1.91 bits per heavy atom. The maximum absolute atomic E-state index is 11.9. The second kappa shape index (κ2) is 8.42. The first-order chi connectivity index (χ1) is 10.7. The highest BCUT2D eigenvalue weighted by Crippen LogP contribution is 2.14. The van der Waals surface area contributed by atoms with Crippen molar-refractivity contribution >= 4 is 34.9 Å². The number of carboxylic acids is 1. The van der Waals surface area contributed by atoms with Gasteiger partial charge in [-0.15, -0.1) is 11.3 Å². The van der Waals surface area contributed by atoms with Crippen LogP contribution in [0.5, 0.6) is 0 Å². The Morgan fingerprint density at radius 3 is 2.39 bits per heavy atom. The number of hydrogen-bond acceptors (Lipinski definition) is 5. The van der Waals surface area contributed by atoms with Gasteiger partial charge in [0.15, 0.2) is 5.78 Å². The Hall–Kier alpha value is -2.22. The van der Waals surface area contributed by atoms with E-state index in [2.05, 4.69) is 10.6 Å². The molecule has 23 heavy (non-hydrogen) atoms. The van der Waals surface area contributed by atoms with Crippen LogP contribution in [-0.4, -0.2) is 41.3 Å². The molecule has 0 aliphatic carbocycles. The number of ketones is 1. The monoisotopic (exact) mass is 340 g/mol. The second-order valence-electron chi connectivity index (χ2n) is 5.53. The molecule has 1 atom stereocenters. The van der Waals surface area contributed by atoms with E-state index in [0.717, 1.165) is 11.3 Å². The van der Waals surface area contributed by atoms with E-state index in [9.17, 15) is 19.2 Å². The van der Waals surface area contributed by atoms with Gasteiger partial charge < -0.3 is 15.7 Å². The van der Waals surface area contributed by atoms with Crippen LogP contribution in [0.25, 0.3) is 0 Å². The average molecular weight is 340 g/mol. The molecule has 0 spiro atoms. The lowest BCUT2D eigenvalue weighted by Gasteiger charge is -2.16. The molecule has 0 saturated carbocycles. The van der Waals surface area contributed by atoms with E-state index in [1.54, 1.807) is 5.38 Å². The average Bonchev–Trinajstić information content (AvgIpc) is 2.93. The number of Topliss-reactive ketones (excluding diaryl/α,β-unsaturated/α-hetero) is 1. The predicted octanol–water partition coefficient (Wildman–Crippen LogP) is 1.30. The summed E-state index contributed by atoms with van der Waals surface area (Å²) in [7, 11) is 0. The van der Waals surface area contributed by atoms with Crippen molar-refractivity contribution in [3.63, 3.8) is 0 Å². The molecule has 0 aliphatic rings. The van der Waals surface area contributed by atoms with Crippen LogP contribution in [0.2, 0.25) is 0 Å². The van der Waals surface area contributed by atoms with E-state index in [4.69, 9.17) is 5.11 Å². The Balaban J connectivity index is 2.52. The number of rotatable bonds is 8. The van der Waals surface area contributed by atoms with E-state index >= 15 is 0 Å². The van der Waals surface area contributed by atoms with E-state index in [0.29, 0.717) is 16.9 Å². The Morgan fingerprint density at radius 1 is 1.26 bits per heavy atom. The van der Waals surface area contributed by atoms with Gasteiger partial charge in [-0.3, -0.25) is 14.4 Å². The molecule has 8 heteroatoms. The lowest BCUT2D eigenvalue weighted by molar-refractivity contribution is -0.142. The zero-order valence-electron chi connectivity index (χ0n) is 13.2. The van der Waals surface area contributed by atoms with Gasteiger partial charge in [-0.1, -0.05) is 13.8 Å². The molecule has 0 aliphatic heterocycles. The standard InChI is InChI=1S/C15H20N2O5S/c1-8(2)4-11(15(21)22)17-13(19)6-16-14(20)12-5-10(7-23-12)9(3)18/h5,7-8,11H,4,6H2,1-3H3,(H,16,20)(H,17,19)(H,21,22)/t11-/m0/s1. The molecule has 2 amide bonds. The van der Waals surface area contributed by atoms with Crippen molar-refractivity contribution in [2.45, 2.75) is 33.2 Å². The van der Waals surface area contributed by atoms with Gasteiger partial charge in [0.1, 0.15) is 6.04 Å². The number of hydrogen-bond donors (Lipinski definition) is 3. The van der Waals surface area contributed by atoms with Crippen LogP contribution in [0.15, 0.2) is 11.4 Å². The summed E-state index contributed by atoms with van der Waals surface area (Å²) in [6.45, 7) is 4.78. The number of carbonyl (C=O) groups is 4. The van der Waals surface area contributed by atoms with Gasteiger partial charge in [0.2, 0.25) is 5.91 Å². The van der Waals surface area contributed by atoms with Gasteiger partial charge in [-0.25, -0.2) is 4.79 Å². The molecule has 126 valence electrons. The van der Waals surface area contributed by atoms with E-state index in [1.807, 2.05) is 13.8 Å². The van der Waals surface area contributed by atoms with Gasteiger partial charge >= 0.3 is 5.97 Å². The molecular formula is C15H20N2O5S. The summed E-state index contributed by atoms with van der Waals surface area (Å²) in [6, 6.07) is 0.476. The molecule has 3 N–H and O–H groups in total. The number of carboxylic acid groups (broad SMARTS) is 1. The highest BCUT2D eigenvalue weighted by Gasteiger charge is 2.21. The fraction of sp³-hybridized carbons (Fsp3) is 0.467. The fourth-order valence-electron chi connectivity index (χ4n) is 1.83. The second-order valence-corrected chi connectivity index (χ2v) is 6.44. The minimum atomic E-state index is -1.11. The van der Waals surface area contributed by atoms with E-state index in [-0.39, 0.29) is 18.2 Å². The Bertz CT molecular complexity index is 609. The van der Waals surface area contributed by atoms with Crippen LogP contribution in [0.1, 0.15) is 47.2 Å². The van der Waals surface area contributed by atoms with Gasteiger partial charge in [-0.05, 0) is 25.3 Å². The van der Waals surface area contributed by atoms with Crippen LogP contribution in [0.3, 0.4) is 0 Å². The van der Waals surface area contributed by atoms with Crippen LogP contribution in [0, 0.1) is 5.92 Å². The summed E-state index contributed by atoms with van der Waals surface area (Å²) in [5.41, 5.74) is 0.437. The number of amides is 2. The molecule has 7 nitrogen and oxygen atoms in total. The highest BCUT2D eigenvalue weighted by atomic mass is 32.1. The number of nitrogens with one attached hydrogen (secondary N) is 2. The summed E-state index contributed by atoms with van der Waals surface area (Å²) in [5, 5.41) is 15.4. The van der Waals surface area contributed by atoms with Crippen LogP contribution in [-0.2, 0) is 9.59 Å². The van der Waals surface area contributed by atoms with Crippen molar-refractivity contribution in [3.05, 3.63) is 21.9 Å². The van der Waals surface area contributed by atoms with E-state index < -0.39 is 23.8 Å². The summed E-state index contributed by atoms with van der Waals surface area (Å²) >= 11 is 1.11. The normalized spacial score (nSPS) is 11.8. The molecule has 0 aromatic carbocycles. The minimum absolute atomic E-state index is 0.113. The van der Waals surface area contributed by atoms with Crippen LogP contribution in [0.4, 0.5) is 0 Å². The minimum Gasteiger partial charge on any atom is -0.480 e. The van der Waals surface area contributed by atoms with Gasteiger partial charge in [0.05, 0.1) is 11.4 Å². The van der Waals surface area contributed by atoms with Gasteiger partial charge in [0, 0.05) is 10.9 Å². The van der Waals surface area contributed by atoms with Crippen molar-refractivity contribution < 1.29 is 24.3 Å². The molecule has 1 aromatic rings. The maximum Gasteiger partial charge on any atom is 0.326 e. The Kier molecular flexibility index (Phi) is 6.89. The van der Waals surface area contributed by atoms with Crippen molar-refractivity contribution in [3.8, 4) is 0 Å². The molecule has 1 rings (SSSR count). The number of aliphatic carboxylic acids is 1. The molecule has 0 saturated heterocycles. The fourth-order valence-corrected chi connectivity index (χ4v) is 2.69. The molecule has 0 radical (unpaired) electrons. The van der Waals surface area contributed by atoms with Gasteiger partial charge in [0.25, 0.3) is 5.91 Å². The van der Waals surface area contributed by atoms with Crippen molar-refractivity contribution in [2.24, 2.45) is 5.92 Å². The first-order valence-electron chi connectivity index (χ1n) is 7.10. The van der Waals surface area contributed by atoms with Crippen LogP contribution >= 0.6 is 11.3 Å². The molecule has 0 bridgehead atoms. The lowest BCUT2D eigenvalue weighted by Crippen LogP contribution is -2.46. The van der Waals surface area contributed by atoms with Crippen molar-refractivity contribution in [1.29, 1.82) is 0 Å².